The highest BCUT2D eigenvalue weighted by atomic mass is 32.1. The molecule has 0 N–H and O–H groups in total. The normalized spacial score (nSPS) is 16.6. The van der Waals surface area contributed by atoms with Crippen molar-refractivity contribution in [3.05, 3.63) is 101 Å². The van der Waals surface area contributed by atoms with Crippen molar-refractivity contribution in [1.29, 1.82) is 5.26 Å². The molecule has 1 aromatic carbocycles. The number of benzene rings is 1. The highest BCUT2D eigenvalue weighted by Crippen LogP contribution is 2.35. The van der Waals surface area contributed by atoms with E-state index in [0.29, 0.717) is 11.4 Å². The Morgan fingerprint density at radius 3 is 2.72 bits per heavy atom. The maximum Gasteiger partial charge on any atom is 0.222 e. The van der Waals surface area contributed by atoms with Gasteiger partial charge in [0.15, 0.2) is 0 Å². The zero-order valence-corrected chi connectivity index (χ0v) is 16.0. The summed E-state index contributed by atoms with van der Waals surface area (Å²) in [4.78, 5) is 15.7. The van der Waals surface area contributed by atoms with Crippen LogP contribution in [0.3, 0.4) is 0 Å². The number of para-hydroxylation sites is 1. The Bertz CT molecular complexity index is 1270. The van der Waals surface area contributed by atoms with Crippen LogP contribution in [0.15, 0.2) is 95.4 Å². The van der Waals surface area contributed by atoms with E-state index in [2.05, 4.69) is 0 Å². The fourth-order valence-corrected chi connectivity index (χ4v) is 4.14. The first kappa shape index (κ1) is 17.2. The lowest BCUT2D eigenvalue weighted by atomic mass is 10.1. The highest BCUT2D eigenvalue weighted by molar-refractivity contribution is 7.13. The molecule has 2 aliphatic rings. The zero-order valence-electron chi connectivity index (χ0n) is 15.2. The molecular formula is C23H14N4OS. The van der Waals surface area contributed by atoms with Crippen LogP contribution in [0.2, 0.25) is 0 Å². The molecule has 29 heavy (non-hydrogen) atoms. The van der Waals surface area contributed by atoms with Crippen molar-refractivity contribution >= 4 is 23.2 Å². The van der Waals surface area contributed by atoms with Crippen LogP contribution in [0.4, 0.5) is 0 Å². The van der Waals surface area contributed by atoms with E-state index >= 15 is 0 Å². The Hall–Kier alpha value is -3.95. The number of allylic oxidation sites excluding steroid dienone is 4. The molecule has 0 amide bonds. The third-order valence-corrected chi connectivity index (χ3v) is 5.63. The Balaban J connectivity index is 1.66. The molecule has 0 fully saturated rings. The molecule has 5 rings (SSSR count). The molecule has 0 atom stereocenters. The lowest BCUT2D eigenvalue weighted by Gasteiger charge is -2.18. The summed E-state index contributed by atoms with van der Waals surface area (Å²) in [7, 11) is 0. The van der Waals surface area contributed by atoms with Crippen LogP contribution in [-0.4, -0.2) is 20.5 Å². The van der Waals surface area contributed by atoms with Gasteiger partial charge in [-0.05, 0) is 41.8 Å². The number of nitrogens with zero attached hydrogens (tertiary/aromatic N) is 4. The van der Waals surface area contributed by atoms with Gasteiger partial charge in [0.1, 0.15) is 17.3 Å². The Kier molecular flexibility index (Phi) is 4.08. The zero-order chi connectivity index (χ0) is 19.8. The fourth-order valence-electron chi connectivity index (χ4n) is 3.41. The third kappa shape index (κ3) is 2.85. The van der Waals surface area contributed by atoms with Crippen LogP contribution >= 0.6 is 11.3 Å². The van der Waals surface area contributed by atoms with Gasteiger partial charge < -0.3 is 4.90 Å². The Labute approximate surface area is 171 Å². The molecule has 0 aliphatic carbocycles. The van der Waals surface area contributed by atoms with Crippen LogP contribution in [0.5, 0.6) is 0 Å². The SMILES string of the molecule is N#CC1=C2C=CC=CN2/C(=C/c2cn(-c3ccccc3)nc2-c2cccs2)C1=O. The van der Waals surface area contributed by atoms with Crippen molar-refractivity contribution in [3.63, 3.8) is 0 Å². The minimum atomic E-state index is -0.275. The predicted octanol–water partition coefficient (Wildman–Crippen LogP) is 4.69. The smallest absolute Gasteiger partial charge is 0.222 e. The summed E-state index contributed by atoms with van der Waals surface area (Å²) in [5.41, 5.74) is 3.77. The fraction of sp³-hybridized carbons (Fsp3) is 0. The van der Waals surface area contributed by atoms with Gasteiger partial charge in [-0.25, -0.2) is 4.68 Å². The standard InChI is InChI=1S/C23H14N4OS/c24-14-18-19-9-4-5-11-26(19)20(23(18)28)13-16-15-27(17-7-2-1-3-8-17)25-22(16)21-10-6-12-29-21/h1-13,15H/b20-13+. The number of aromatic nitrogens is 2. The third-order valence-electron chi connectivity index (χ3n) is 4.76. The van der Waals surface area contributed by atoms with Crippen molar-refractivity contribution < 1.29 is 4.79 Å². The molecule has 138 valence electrons. The van der Waals surface area contributed by atoms with Gasteiger partial charge in [-0.15, -0.1) is 11.3 Å². The second kappa shape index (κ2) is 6.89. The number of hydrogen-bond donors (Lipinski definition) is 0. The summed E-state index contributed by atoms with van der Waals surface area (Å²) in [6, 6.07) is 15.9. The predicted molar refractivity (Wildman–Crippen MR) is 113 cm³/mol. The first-order valence-corrected chi connectivity index (χ1v) is 9.88. The summed E-state index contributed by atoms with van der Waals surface area (Å²) < 4.78 is 1.81. The Morgan fingerprint density at radius 1 is 1.10 bits per heavy atom. The number of carbonyl (C=O) groups excluding carboxylic acids is 1. The molecule has 6 heteroatoms. The summed E-state index contributed by atoms with van der Waals surface area (Å²) in [6.07, 6.45) is 11.0. The molecule has 3 aromatic rings. The molecule has 2 aromatic heterocycles. The molecule has 0 spiro atoms. The van der Waals surface area contributed by atoms with Crippen molar-refractivity contribution in [3.8, 4) is 22.3 Å². The molecule has 2 aliphatic heterocycles. The monoisotopic (exact) mass is 394 g/mol. The maximum absolute atomic E-state index is 12.9. The van der Waals surface area contributed by atoms with E-state index in [-0.39, 0.29) is 11.4 Å². The van der Waals surface area contributed by atoms with Crippen LogP contribution in [0, 0.1) is 11.3 Å². The quantitative estimate of drug-likeness (QED) is 0.605. The number of hydrogen-bond acceptors (Lipinski definition) is 5. The van der Waals surface area contributed by atoms with Crippen molar-refractivity contribution in [1.82, 2.24) is 14.7 Å². The minimum absolute atomic E-state index is 0.157. The molecule has 0 saturated carbocycles. The van der Waals surface area contributed by atoms with Gasteiger partial charge in [-0.3, -0.25) is 4.79 Å². The van der Waals surface area contributed by atoms with Gasteiger partial charge in [-0.2, -0.15) is 10.4 Å². The highest BCUT2D eigenvalue weighted by Gasteiger charge is 2.34. The van der Waals surface area contributed by atoms with Gasteiger partial charge in [0.25, 0.3) is 0 Å². The Morgan fingerprint density at radius 2 is 1.97 bits per heavy atom. The first-order valence-electron chi connectivity index (χ1n) is 9.00. The van der Waals surface area contributed by atoms with Crippen molar-refractivity contribution in [2.75, 3.05) is 0 Å². The van der Waals surface area contributed by atoms with Crippen molar-refractivity contribution in [2.24, 2.45) is 0 Å². The molecule has 5 nitrogen and oxygen atoms in total. The minimum Gasteiger partial charge on any atom is -0.312 e. The second-order valence-corrected chi connectivity index (χ2v) is 7.44. The van der Waals surface area contributed by atoms with Crippen LogP contribution in [0.1, 0.15) is 5.56 Å². The lowest BCUT2D eigenvalue weighted by molar-refractivity contribution is -0.112. The number of rotatable bonds is 3. The van der Waals surface area contributed by atoms with Crippen LogP contribution in [-0.2, 0) is 4.79 Å². The molecule has 0 radical (unpaired) electrons. The average molecular weight is 394 g/mol. The van der Waals surface area contributed by atoms with Crippen LogP contribution in [0.25, 0.3) is 22.3 Å². The first-order chi connectivity index (χ1) is 14.3. The van der Waals surface area contributed by atoms with Gasteiger partial charge in [0.05, 0.1) is 22.0 Å². The molecule has 0 bridgehead atoms. The van der Waals surface area contributed by atoms with Gasteiger partial charge >= 0.3 is 0 Å². The topological polar surface area (TPSA) is 61.9 Å². The van der Waals surface area contributed by atoms with E-state index in [4.69, 9.17) is 5.10 Å². The van der Waals surface area contributed by atoms with Gasteiger partial charge in [0, 0.05) is 18.0 Å². The number of fused-ring (bicyclic) bond motifs is 1. The van der Waals surface area contributed by atoms with E-state index in [1.807, 2.05) is 83.0 Å². The lowest BCUT2D eigenvalue weighted by Crippen LogP contribution is -2.13. The van der Waals surface area contributed by atoms with Crippen LogP contribution < -0.4 is 0 Å². The number of carbonyl (C=O) groups is 1. The van der Waals surface area contributed by atoms with E-state index in [1.165, 1.54) is 0 Å². The van der Waals surface area contributed by atoms with Gasteiger partial charge in [0.2, 0.25) is 5.78 Å². The second-order valence-electron chi connectivity index (χ2n) is 6.49. The summed E-state index contributed by atoms with van der Waals surface area (Å²) in [6.45, 7) is 0. The van der Waals surface area contributed by atoms with Crippen molar-refractivity contribution in [2.45, 2.75) is 0 Å². The summed E-state index contributed by atoms with van der Waals surface area (Å²) >= 11 is 1.59. The number of ketones is 1. The molecule has 0 unspecified atom stereocenters. The number of Topliss-reactive ketones (excluding diaryl/α,β-unsaturated/α-hetero) is 1. The van der Waals surface area contributed by atoms with E-state index in [0.717, 1.165) is 21.8 Å². The van der Waals surface area contributed by atoms with Gasteiger partial charge in [-0.1, -0.05) is 30.3 Å². The molecule has 4 heterocycles. The summed E-state index contributed by atoms with van der Waals surface area (Å²) in [5, 5.41) is 16.2. The number of nitriles is 1. The number of thiophene rings is 1. The molecular weight excluding hydrogens is 380 g/mol. The van der Waals surface area contributed by atoms with E-state index in [1.54, 1.807) is 28.5 Å². The molecule has 0 saturated heterocycles. The van der Waals surface area contributed by atoms with E-state index in [9.17, 15) is 10.1 Å². The largest absolute Gasteiger partial charge is 0.312 e. The summed E-state index contributed by atoms with van der Waals surface area (Å²) in [5.74, 6) is -0.275. The van der Waals surface area contributed by atoms with E-state index < -0.39 is 0 Å². The average Bonchev–Trinajstić information content (AvgIpc) is 3.48. The maximum atomic E-state index is 12.9.